The first-order valence-corrected chi connectivity index (χ1v) is 23.5. The molecule has 19 nitrogen and oxygen atoms in total. The van der Waals surface area contributed by atoms with Crippen molar-refractivity contribution in [3.63, 3.8) is 0 Å². The number of aliphatic hydroxyl groups is 9. The third-order valence-electron chi connectivity index (χ3n) is 17.5. The Morgan fingerprint density at radius 2 is 1.49 bits per heavy atom. The summed E-state index contributed by atoms with van der Waals surface area (Å²) in [5.41, 5.74) is 0.680. The number of carbonyl (C=O) groups is 1. The van der Waals surface area contributed by atoms with Gasteiger partial charge in [-0.2, -0.15) is 0 Å². The third kappa shape index (κ3) is 7.71. The molecule has 0 bridgehead atoms. The van der Waals surface area contributed by atoms with Gasteiger partial charge in [0.1, 0.15) is 61.0 Å². The Balaban J connectivity index is 0.927. The molecule has 9 rings (SSSR count). The normalized spacial score (nSPS) is 56.6. The van der Waals surface area contributed by atoms with Crippen molar-refractivity contribution in [1.82, 2.24) is 0 Å². The van der Waals surface area contributed by atoms with Crippen molar-refractivity contribution >= 4 is 5.97 Å². The summed E-state index contributed by atoms with van der Waals surface area (Å²) in [5, 5.41) is 98.9. The van der Waals surface area contributed by atoms with Gasteiger partial charge >= 0.3 is 5.97 Å². The van der Waals surface area contributed by atoms with Gasteiger partial charge in [-0.05, 0) is 80.6 Å². The van der Waals surface area contributed by atoms with Crippen molar-refractivity contribution in [2.45, 2.75) is 202 Å². The van der Waals surface area contributed by atoms with Gasteiger partial charge in [0.25, 0.3) is 0 Å². The van der Waals surface area contributed by atoms with E-state index in [9.17, 15) is 50.8 Å². The molecule has 8 fully saturated rings. The summed E-state index contributed by atoms with van der Waals surface area (Å²) < 4.78 is 55.3. The minimum atomic E-state index is -1.70. The molecule has 9 N–H and O–H groups in total. The molecule has 19 heteroatoms. The van der Waals surface area contributed by atoms with Crippen LogP contribution in [0.4, 0.5) is 0 Å². The van der Waals surface area contributed by atoms with Crippen LogP contribution in [0.15, 0.2) is 23.8 Å². The predicted octanol–water partition coefficient (Wildman–Crippen LogP) is -0.716. The van der Waals surface area contributed by atoms with E-state index in [-0.39, 0.29) is 60.7 Å². The second-order valence-corrected chi connectivity index (χ2v) is 21.1. The van der Waals surface area contributed by atoms with Crippen LogP contribution in [-0.4, -0.2) is 187 Å². The summed E-state index contributed by atoms with van der Waals surface area (Å²) in [4.78, 5) is 11.7. The maximum absolute atomic E-state index is 12.1. The summed E-state index contributed by atoms with van der Waals surface area (Å²) in [6.45, 7) is 14.7. The minimum absolute atomic E-state index is 0.00797. The minimum Gasteiger partial charge on any atom is -0.457 e. The predicted molar refractivity (Wildman–Crippen MR) is 220 cm³/mol. The summed E-state index contributed by atoms with van der Waals surface area (Å²) >= 11 is 0. The Morgan fingerprint density at radius 3 is 2.22 bits per heavy atom. The first-order chi connectivity index (χ1) is 30.6. The number of ether oxygens (including phenoxy) is 9. The van der Waals surface area contributed by atoms with Crippen LogP contribution >= 0.6 is 0 Å². The van der Waals surface area contributed by atoms with Crippen molar-refractivity contribution in [1.29, 1.82) is 0 Å². The van der Waals surface area contributed by atoms with Crippen LogP contribution in [-0.2, 0) is 47.4 Å². The molecule has 3 saturated carbocycles. The molecule has 4 aliphatic carbocycles. The van der Waals surface area contributed by atoms with Gasteiger partial charge in [0.05, 0.1) is 43.7 Å². The van der Waals surface area contributed by atoms with Gasteiger partial charge in [-0.3, -0.25) is 4.79 Å². The van der Waals surface area contributed by atoms with E-state index in [0.29, 0.717) is 18.4 Å². The fraction of sp³-hybridized carbons (Fsp3) is 0.891. The molecular weight excluding hydrogens is 856 g/mol. The first kappa shape index (κ1) is 48.3. The lowest BCUT2D eigenvalue weighted by Gasteiger charge is -2.60. The highest BCUT2D eigenvalue weighted by atomic mass is 16.8. The van der Waals surface area contributed by atoms with Crippen LogP contribution in [0.3, 0.4) is 0 Å². The average Bonchev–Trinajstić information content (AvgIpc) is 3.72. The van der Waals surface area contributed by atoms with E-state index in [1.165, 1.54) is 6.92 Å². The highest BCUT2D eigenvalue weighted by Gasteiger charge is 2.72. The topological polar surface area (TPSA) is 282 Å². The lowest BCUT2D eigenvalue weighted by Crippen LogP contribution is -2.64. The van der Waals surface area contributed by atoms with E-state index in [1.807, 2.05) is 6.92 Å². The lowest BCUT2D eigenvalue weighted by atomic mass is 9.46. The molecule has 368 valence electrons. The van der Waals surface area contributed by atoms with Gasteiger partial charge in [0.2, 0.25) is 5.79 Å². The zero-order valence-corrected chi connectivity index (χ0v) is 37.9. The summed E-state index contributed by atoms with van der Waals surface area (Å²) in [7, 11) is 0. The van der Waals surface area contributed by atoms with Crippen LogP contribution in [0.1, 0.15) is 80.1 Å². The second-order valence-electron chi connectivity index (χ2n) is 21.1. The van der Waals surface area contributed by atoms with Crippen molar-refractivity contribution in [2.75, 3.05) is 13.2 Å². The molecule has 0 radical (unpaired) electrons. The number of carbonyl (C=O) groups excluding carboxylic acids is 1. The quantitative estimate of drug-likeness (QED) is 0.113. The van der Waals surface area contributed by atoms with E-state index in [1.54, 1.807) is 13.8 Å². The largest absolute Gasteiger partial charge is 0.457 e. The monoisotopic (exact) mass is 926 g/mol. The number of fused-ring (bicyclic) bond motifs is 7. The van der Waals surface area contributed by atoms with Gasteiger partial charge in [-0.1, -0.05) is 39.0 Å². The average molecular weight is 927 g/mol. The maximum Gasteiger partial charge on any atom is 0.303 e. The Labute approximate surface area is 378 Å². The van der Waals surface area contributed by atoms with Crippen LogP contribution in [0.25, 0.3) is 0 Å². The van der Waals surface area contributed by atoms with Crippen LogP contribution in [0.5, 0.6) is 0 Å². The van der Waals surface area contributed by atoms with E-state index < -0.39 is 128 Å². The molecule has 0 amide bonds. The molecule has 27 atom stereocenters. The lowest BCUT2D eigenvalue weighted by molar-refractivity contribution is -0.363. The SMILES string of the molecule is C=C1CO[C@@]2(O[C@H]3C[C@H]4[C@@H]5CC=C6C[C@@H](O)C[C@@H](O[C@@H]7OC[C@H](O)[C@H](O)[C@H]7O[C@@H]7O[C@@H](C)[C@H](OC(C)=O)[C@@H](O)[C@H]7O)[C@]6(C)[C@H]5CC[C@]4(C)[C@H]3[C@@H]2C)[C@@H](O)C1O[C@@H]1O[C@H](C)[C@H](O)[C@H](O)[C@H]1O. The Kier molecular flexibility index (Phi) is 13.1. The van der Waals surface area contributed by atoms with E-state index in [2.05, 4.69) is 26.5 Å². The smallest absolute Gasteiger partial charge is 0.303 e. The van der Waals surface area contributed by atoms with Crippen molar-refractivity contribution in [2.24, 2.45) is 40.4 Å². The fourth-order valence-electron chi connectivity index (χ4n) is 14.1. The van der Waals surface area contributed by atoms with Gasteiger partial charge < -0.3 is 88.6 Å². The van der Waals surface area contributed by atoms with E-state index >= 15 is 0 Å². The van der Waals surface area contributed by atoms with Crippen molar-refractivity contribution in [3.8, 4) is 0 Å². The van der Waals surface area contributed by atoms with Crippen molar-refractivity contribution < 1.29 is 93.4 Å². The third-order valence-corrected chi connectivity index (χ3v) is 17.5. The summed E-state index contributed by atoms with van der Waals surface area (Å²) in [5.74, 6) is -1.93. The zero-order valence-electron chi connectivity index (χ0n) is 37.9. The molecule has 0 aromatic rings. The summed E-state index contributed by atoms with van der Waals surface area (Å²) in [6, 6.07) is 0. The zero-order chi connectivity index (χ0) is 46.8. The van der Waals surface area contributed by atoms with Gasteiger partial charge in [0, 0.05) is 24.7 Å². The second kappa shape index (κ2) is 17.6. The molecule has 9 aliphatic rings. The number of hydrogen-bond acceptors (Lipinski definition) is 19. The van der Waals surface area contributed by atoms with E-state index in [4.69, 9.17) is 42.6 Å². The number of allylic oxidation sites excluding steroid dienone is 1. The Morgan fingerprint density at radius 1 is 0.800 bits per heavy atom. The Hall–Kier alpha value is -1.73. The fourth-order valence-corrected chi connectivity index (χ4v) is 14.1. The van der Waals surface area contributed by atoms with Crippen LogP contribution in [0.2, 0.25) is 0 Å². The van der Waals surface area contributed by atoms with Crippen molar-refractivity contribution in [3.05, 3.63) is 23.8 Å². The number of hydrogen-bond donors (Lipinski definition) is 9. The van der Waals surface area contributed by atoms with Gasteiger partial charge in [-0.25, -0.2) is 0 Å². The molecule has 1 spiro atoms. The molecule has 0 aromatic carbocycles. The number of rotatable bonds is 7. The summed E-state index contributed by atoms with van der Waals surface area (Å²) in [6.07, 6.45) is -17.0. The maximum atomic E-state index is 12.1. The van der Waals surface area contributed by atoms with E-state index in [0.717, 1.165) is 24.8 Å². The molecule has 65 heavy (non-hydrogen) atoms. The van der Waals surface area contributed by atoms with Gasteiger partial charge in [-0.15, -0.1) is 0 Å². The standard InChI is InChI=1S/C46H70O19/c1-17-15-58-46(40(56)37(17)63-41-35(54)33(52)31(50)19(3)59-41)18(2)30-28(65-46)14-26-24-9-8-22-12-23(48)13-29(45(22,7)25(24)10-11-44(26,30)6)62-43-39(32(51)27(49)16-57-43)64-42-36(55)34(53)38(20(4)60-42)61-21(5)47/h8,18-20,23-43,48-56H,1,9-16H2,2-7H3/t18-,19+,20-,23+,24+,25-,26-,27-,28-,29+,30-,31-,32-,33-,34-,35+,36+,37?,38-,39+,40-,41-,42-,43-,44-,45-,46-/m0/s1. The highest BCUT2D eigenvalue weighted by Crippen LogP contribution is 2.71. The Bertz CT molecular complexity index is 1820. The molecule has 5 aliphatic heterocycles. The molecular formula is C46H70O19. The molecule has 0 aromatic heterocycles. The number of aliphatic hydroxyl groups excluding tert-OH is 9. The highest BCUT2D eigenvalue weighted by molar-refractivity contribution is 5.66. The van der Waals surface area contributed by atoms with Crippen LogP contribution < -0.4 is 0 Å². The molecule has 5 heterocycles. The molecule has 1 unspecified atom stereocenters. The first-order valence-electron chi connectivity index (χ1n) is 23.5. The number of esters is 1. The molecule has 5 saturated heterocycles. The van der Waals surface area contributed by atoms with Gasteiger partial charge in [0.15, 0.2) is 25.0 Å². The van der Waals surface area contributed by atoms with Crippen LogP contribution in [0, 0.1) is 40.4 Å².